The van der Waals surface area contributed by atoms with Crippen molar-refractivity contribution in [3.05, 3.63) is 77.7 Å². The van der Waals surface area contributed by atoms with Crippen LogP contribution in [0.5, 0.6) is 0 Å². The van der Waals surface area contributed by atoms with Crippen LogP contribution in [0.4, 0.5) is 4.39 Å². The van der Waals surface area contributed by atoms with Gasteiger partial charge in [0.15, 0.2) is 0 Å². The van der Waals surface area contributed by atoms with Crippen molar-refractivity contribution in [2.45, 2.75) is 18.4 Å². The predicted octanol–water partition coefficient (Wildman–Crippen LogP) is 3.98. The Kier molecular flexibility index (Phi) is 6.23. The van der Waals surface area contributed by atoms with E-state index in [4.69, 9.17) is 0 Å². The molecule has 0 saturated carbocycles. The van der Waals surface area contributed by atoms with Gasteiger partial charge < -0.3 is 5.32 Å². The maximum atomic E-state index is 13.4. The molecule has 0 bridgehead atoms. The van der Waals surface area contributed by atoms with Crippen LogP contribution in [-0.2, 0) is 16.6 Å². The molecule has 26 heavy (non-hydrogen) atoms. The van der Waals surface area contributed by atoms with Crippen LogP contribution < -0.4 is 5.32 Å². The molecule has 3 aromatic rings. The molecule has 138 valence electrons. The molecule has 0 atom stereocenters. The van der Waals surface area contributed by atoms with Crippen LogP contribution in [0.15, 0.2) is 65.7 Å². The first-order chi connectivity index (χ1) is 11.9. The summed E-state index contributed by atoms with van der Waals surface area (Å²) in [6.07, 6.45) is 1.61. The molecule has 0 radical (unpaired) electrons. The van der Waals surface area contributed by atoms with E-state index in [2.05, 4.69) is 5.32 Å². The minimum Gasteiger partial charge on any atom is -0.316 e. The monoisotopic (exact) mass is 394 g/mol. The van der Waals surface area contributed by atoms with Crippen molar-refractivity contribution >= 4 is 22.4 Å². The van der Waals surface area contributed by atoms with Crippen LogP contribution in [0.2, 0.25) is 0 Å². The van der Waals surface area contributed by atoms with Gasteiger partial charge in [0.2, 0.25) is 0 Å². The highest BCUT2D eigenvalue weighted by atomic mass is 35.5. The highest BCUT2D eigenvalue weighted by Gasteiger charge is 2.23. The Bertz CT molecular complexity index is 1000. The second kappa shape index (κ2) is 8.03. The topological polar surface area (TPSA) is 51.1 Å². The molecule has 0 aliphatic rings. The van der Waals surface area contributed by atoms with Crippen molar-refractivity contribution in [1.82, 2.24) is 9.29 Å². The van der Waals surface area contributed by atoms with Crippen LogP contribution in [0.25, 0.3) is 11.3 Å². The molecule has 0 fully saturated rings. The molecule has 1 N–H and O–H groups in total. The summed E-state index contributed by atoms with van der Waals surface area (Å²) >= 11 is 0. The fraction of sp³-hybridized carbons (Fsp3) is 0.158. The standard InChI is InChI=1S/C19H19FN2O2S.ClH/c1-14-10-17(20)8-9-19(14)25(23,24)22-13-15(12-21-2)11-18(22)16-6-4-3-5-7-16;/h3-11,13,21H,12H2,1-2H3;1H. The first-order valence-corrected chi connectivity index (χ1v) is 9.30. The van der Waals surface area contributed by atoms with Crippen molar-refractivity contribution in [2.24, 2.45) is 0 Å². The zero-order chi connectivity index (χ0) is 18.0. The number of rotatable bonds is 5. The fourth-order valence-corrected chi connectivity index (χ4v) is 4.43. The molecule has 7 heteroatoms. The lowest BCUT2D eigenvalue weighted by Crippen LogP contribution is -2.15. The Labute approximate surface area is 159 Å². The smallest absolute Gasteiger partial charge is 0.268 e. The minimum atomic E-state index is -3.84. The highest BCUT2D eigenvalue weighted by molar-refractivity contribution is 7.90. The van der Waals surface area contributed by atoms with Crippen LogP contribution in [0.1, 0.15) is 11.1 Å². The molecule has 0 unspecified atom stereocenters. The number of halogens is 2. The highest BCUT2D eigenvalue weighted by Crippen LogP contribution is 2.28. The molecule has 0 saturated heterocycles. The third-order valence-electron chi connectivity index (χ3n) is 3.97. The summed E-state index contributed by atoms with van der Waals surface area (Å²) < 4.78 is 41.0. The Balaban J connectivity index is 0.00000243. The lowest BCUT2D eigenvalue weighted by Gasteiger charge is -2.12. The summed E-state index contributed by atoms with van der Waals surface area (Å²) in [7, 11) is -2.04. The van der Waals surface area contributed by atoms with Crippen LogP contribution in [-0.4, -0.2) is 19.4 Å². The number of aromatic nitrogens is 1. The van der Waals surface area contributed by atoms with Gasteiger partial charge in [-0.15, -0.1) is 12.4 Å². The van der Waals surface area contributed by atoms with E-state index >= 15 is 0 Å². The van der Waals surface area contributed by atoms with Crippen LogP contribution in [0, 0.1) is 12.7 Å². The molecule has 0 aliphatic heterocycles. The average Bonchev–Trinajstić information content (AvgIpc) is 3.00. The predicted molar refractivity (Wildman–Crippen MR) is 104 cm³/mol. The van der Waals surface area contributed by atoms with Gasteiger partial charge >= 0.3 is 0 Å². The van der Waals surface area contributed by atoms with E-state index in [9.17, 15) is 12.8 Å². The van der Waals surface area contributed by atoms with Gasteiger partial charge in [-0.2, -0.15) is 0 Å². The molecule has 0 amide bonds. The summed E-state index contributed by atoms with van der Waals surface area (Å²) in [6, 6.07) is 14.9. The number of nitrogens with zero attached hydrogens (tertiary/aromatic N) is 1. The molecule has 2 aromatic carbocycles. The number of hydrogen-bond acceptors (Lipinski definition) is 3. The largest absolute Gasteiger partial charge is 0.316 e. The Morgan fingerprint density at radius 3 is 2.38 bits per heavy atom. The third kappa shape index (κ3) is 3.82. The maximum Gasteiger partial charge on any atom is 0.268 e. The normalized spacial score (nSPS) is 11.2. The van der Waals surface area contributed by atoms with E-state index < -0.39 is 15.8 Å². The molecule has 1 aromatic heterocycles. The SMILES string of the molecule is CNCc1cc(-c2ccccc2)n(S(=O)(=O)c2ccc(F)cc2C)c1.Cl. The van der Waals surface area contributed by atoms with E-state index in [-0.39, 0.29) is 17.3 Å². The van der Waals surface area contributed by atoms with Gasteiger partial charge in [0, 0.05) is 12.7 Å². The lowest BCUT2D eigenvalue weighted by atomic mass is 10.1. The molecule has 0 spiro atoms. The van der Waals surface area contributed by atoms with Gasteiger partial charge in [0.25, 0.3) is 10.0 Å². The van der Waals surface area contributed by atoms with Gasteiger partial charge in [-0.25, -0.2) is 16.8 Å². The van der Waals surface area contributed by atoms with E-state index in [1.807, 2.05) is 36.4 Å². The number of benzene rings is 2. The summed E-state index contributed by atoms with van der Waals surface area (Å²) in [4.78, 5) is 0.0951. The van der Waals surface area contributed by atoms with Crippen LogP contribution >= 0.6 is 12.4 Å². The van der Waals surface area contributed by atoms with E-state index in [1.165, 1.54) is 22.2 Å². The zero-order valence-electron chi connectivity index (χ0n) is 14.4. The second-order valence-electron chi connectivity index (χ2n) is 5.84. The van der Waals surface area contributed by atoms with Gasteiger partial charge in [0.1, 0.15) is 5.82 Å². The van der Waals surface area contributed by atoms with Crippen molar-refractivity contribution < 1.29 is 12.8 Å². The molecular weight excluding hydrogens is 375 g/mol. The molecule has 1 heterocycles. The minimum absolute atomic E-state index is 0. The quantitative estimate of drug-likeness (QED) is 0.712. The average molecular weight is 395 g/mol. The Hall–Kier alpha value is -2.15. The summed E-state index contributed by atoms with van der Waals surface area (Å²) in [5.74, 6) is -0.455. The van der Waals surface area contributed by atoms with Gasteiger partial charge in [-0.3, -0.25) is 0 Å². The van der Waals surface area contributed by atoms with Crippen molar-refractivity contribution in [3.63, 3.8) is 0 Å². The first-order valence-electron chi connectivity index (χ1n) is 7.86. The lowest BCUT2D eigenvalue weighted by molar-refractivity contribution is 0.586. The Morgan fingerprint density at radius 2 is 1.77 bits per heavy atom. The maximum absolute atomic E-state index is 13.4. The summed E-state index contributed by atoms with van der Waals surface area (Å²) in [6.45, 7) is 2.14. The number of hydrogen-bond donors (Lipinski definition) is 1. The molecule has 4 nitrogen and oxygen atoms in total. The van der Waals surface area contributed by atoms with Gasteiger partial charge in [-0.1, -0.05) is 30.3 Å². The van der Waals surface area contributed by atoms with Crippen molar-refractivity contribution in [1.29, 1.82) is 0 Å². The van der Waals surface area contributed by atoms with E-state index in [1.54, 1.807) is 20.2 Å². The van der Waals surface area contributed by atoms with E-state index in [0.717, 1.165) is 11.1 Å². The molecular formula is C19H20ClFN2O2S. The zero-order valence-corrected chi connectivity index (χ0v) is 16.1. The van der Waals surface area contributed by atoms with Crippen LogP contribution in [0.3, 0.4) is 0 Å². The molecule has 3 rings (SSSR count). The van der Waals surface area contributed by atoms with E-state index in [0.29, 0.717) is 17.8 Å². The van der Waals surface area contributed by atoms with Gasteiger partial charge in [0.05, 0.1) is 10.6 Å². The number of aryl methyl sites for hydroxylation is 1. The Morgan fingerprint density at radius 1 is 1.08 bits per heavy atom. The summed E-state index contributed by atoms with van der Waals surface area (Å²) in [5.41, 5.74) is 2.61. The number of nitrogens with one attached hydrogen (secondary N) is 1. The third-order valence-corrected chi connectivity index (χ3v) is 5.80. The second-order valence-corrected chi connectivity index (χ2v) is 7.62. The van der Waals surface area contributed by atoms with Crippen molar-refractivity contribution in [3.8, 4) is 11.3 Å². The first kappa shape index (κ1) is 20.2. The summed E-state index contributed by atoms with van der Waals surface area (Å²) in [5, 5.41) is 3.03. The molecule has 0 aliphatic carbocycles. The fourth-order valence-electron chi connectivity index (χ4n) is 2.82. The van der Waals surface area contributed by atoms with Gasteiger partial charge in [-0.05, 0) is 54.9 Å². The van der Waals surface area contributed by atoms with Crippen molar-refractivity contribution in [2.75, 3.05) is 7.05 Å².